The first-order chi connectivity index (χ1) is 25.1. The fourth-order valence-electron chi connectivity index (χ4n) is 7.68. The van der Waals surface area contributed by atoms with Gasteiger partial charge in [-0.15, -0.1) is 6.58 Å². The Morgan fingerprint density at radius 1 is 0.431 bits per heavy atom. The molecule has 0 fully saturated rings. The van der Waals surface area contributed by atoms with Gasteiger partial charge in [0.25, 0.3) is 0 Å². The van der Waals surface area contributed by atoms with E-state index in [4.69, 9.17) is 4.74 Å². The molecule has 3 nitrogen and oxygen atoms in total. The summed E-state index contributed by atoms with van der Waals surface area (Å²) in [7, 11) is 0. The van der Waals surface area contributed by atoms with Crippen molar-refractivity contribution in [3.05, 3.63) is 12.7 Å². The van der Waals surface area contributed by atoms with Crippen LogP contribution in [-0.4, -0.2) is 17.9 Å². The molecule has 1 atom stereocenters. The average molecular weight is 717 g/mol. The fourth-order valence-corrected chi connectivity index (χ4v) is 7.68. The SMILES string of the molecule is C=CCCCCCCCCCCCCC(=O)CCCCCCCCCCCCCCCCCCCCCC(CCCCCCCCC)OC(C)=O. The summed E-state index contributed by atoms with van der Waals surface area (Å²) in [5.41, 5.74) is 0. The number of ketones is 1. The summed E-state index contributed by atoms with van der Waals surface area (Å²) in [5, 5.41) is 0. The molecule has 0 saturated heterocycles. The molecular weight excluding hydrogens is 625 g/mol. The second kappa shape index (κ2) is 43.3. The summed E-state index contributed by atoms with van der Waals surface area (Å²) in [6, 6.07) is 0. The first-order valence-electron chi connectivity index (χ1n) is 23.4. The normalized spacial score (nSPS) is 12.0. The lowest BCUT2D eigenvalue weighted by Crippen LogP contribution is -2.16. The third-order valence-electron chi connectivity index (χ3n) is 11.1. The van der Waals surface area contributed by atoms with Crippen molar-refractivity contribution in [1.82, 2.24) is 0 Å². The number of hydrogen-bond acceptors (Lipinski definition) is 3. The van der Waals surface area contributed by atoms with Gasteiger partial charge in [0.1, 0.15) is 11.9 Å². The number of rotatable bonds is 44. The second-order valence-electron chi connectivity index (χ2n) is 16.3. The van der Waals surface area contributed by atoms with Gasteiger partial charge in [-0.05, 0) is 51.4 Å². The number of ether oxygens (including phenoxy) is 1. The summed E-state index contributed by atoms with van der Waals surface area (Å²) >= 11 is 0. The highest BCUT2D eigenvalue weighted by Gasteiger charge is 2.11. The first-order valence-corrected chi connectivity index (χ1v) is 23.4. The van der Waals surface area contributed by atoms with E-state index in [1.54, 1.807) is 6.92 Å². The van der Waals surface area contributed by atoms with Gasteiger partial charge in [-0.25, -0.2) is 0 Å². The Morgan fingerprint density at radius 2 is 0.706 bits per heavy atom. The standard InChI is InChI=1S/C48H92O3/c1-4-6-8-10-12-13-14-24-27-31-34-38-42-47(50)43-39-35-32-28-25-22-20-18-16-15-17-19-21-23-26-29-33-37-41-45-48(51-46(3)49)44-40-36-30-11-9-7-5-2/h4,48H,1,5-45H2,2-3H3. The van der Waals surface area contributed by atoms with Gasteiger partial charge in [-0.1, -0.05) is 212 Å². The lowest BCUT2D eigenvalue weighted by Gasteiger charge is -2.17. The van der Waals surface area contributed by atoms with Crippen molar-refractivity contribution in [3.8, 4) is 0 Å². The van der Waals surface area contributed by atoms with Gasteiger partial charge in [0, 0.05) is 19.8 Å². The summed E-state index contributed by atoms with van der Waals surface area (Å²) < 4.78 is 5.62. The molecular formula is C48H92O3. The molecule has 1 unspecified atom stereocenters. The summed E-state index contributed by atoms with van der Waals surface area (Å²) in [6.45, 7) is 7.62. The number of Topliss-reactive ketones (excluding diaryl/α,β-unsaturated/α-hetero) is 1. The maximum absolute atomic E-state index is 12.2. The van der Waals surface area contributed by atoms with Crippen LogP contribution >= 0.6 is 0 Å². The molecule has 0 spiro atoms. The topological polar surface area (TPSA) is 43.4 Å². The predicted molar refractivity (Wildman–Crippen MR) is 226 cm³/mol. The van der Waals surface area contributed by atoms with Crippen LogP contribution in [0.25, 0.3) is 0 Å². The molecule has 0 bridgehead atoms. The number of allylic oxidation sites excluding steroid dienone is 1. The number of hydrogen-bond donors (Lipinski definition) is 0. The number of esters is 1. The van der Waals surface area contributed by atoms with Crippen LogP contribution in [0.15, 0.2) is 12.7 Å². The monoisotopic (exact) mass is 717 g/mol. The minimum atomic E-state index is -0.107. The summed E-state index contributed by atoms with van der Waals surface area (Å²) in [4.78, 5) is 23.7. The Hall–Kier alpha value is -1.12. The molecule has 0 aromatic heterocycles. The zero-order valence-corrected chi connectivity index (χ0v) is 35.1. The van der Waals surface area contributed by atoms with Crippen LogP contribution in [0.5, 0.6) is 0 Å². The highest BCUT2D eigenvalue weighted by Crippen LogP contribution is 2.19. The van der Waals surface area contributed by atoms with Crippen molar-refractivity contribution in [1.29, 1.82) is 0 Å². The number of carbonyl (C=O) groups excluding carboxylic acids is 2. The van der Waals surface area contributed by atoms with Crippen LogP contribution in [0.4, 0.5) is 0 Å². The van der Waals surface area contributed by atoms with Crippen LogP contribution in [0.1, 0.15) is 277 Å². The van der Waals surface area contributed by atoms with Crippen LogP contribution in [0.3, 0.4) is 0 Å². The zero-order chi connectivity index (χ0) is 37.1. The molecule has 0 radical (unpaired) electrons. The number of carbonyl (C=O) groups is 2. The van der Waals surface area contributed by atoms with E-state index in [-0.39, 0.29) is 12.1 Å². The Labute approximate surface area is 321 Å². The average Bonchev–Trinajstić information content (AvgIpc) is 3.11. The maximum atomic E-state index is 12.2. The van der Waals surface area contributed by atoms with Gasteiger partial charge in [0.2, 0.25) is 0 Å². The Morgan fingerprint density at radius 3 is 1.00 bits per heavy atom. The van der Waals surface area contributed by atoms with Gasteiger partial charge >= 0.3 is 5.97 Å². The minimum Gasteiger partial charge on any atom is -0.463 e. The van der Waals surface area contributed by atoms with Gasteiger partial charge in [-0.2, -0.15) is 0 Å². The van der Waals surface area contributed by atoms with Crippen molar-refractivity contribution in [2.75, 3.05) is 0 Å². The van der Waals surface area contributed by atoms with Gasteiger partial charge in [-0.3, -0.25) is 9.59 Å². The minimum absolute atomic E-state index is 0.107. The highest BCUT2D eigenvalue weighted by atomic mass is 16.5. The molecule has 0 N–H and O–H groups in total. The van der Waals surface area contributed by atoms with E-state index in [1.165, 1.54) is 225 Å². The fraction of sp³-hybridized carbons (Fsp3) is 0.917. The molecule has 0 aliphatic rings. The molecule has 302 valence electrons. The smallest absolute Gasteiger partial charge is 0.302 e. The molecule has 0 rings (SSSR count). The van der Waals surface area contributed by atoms with E-state index in [0.29, 0.717) is 5.78 Å². The summed E-state index contributed by atoms with van der Waals surface area (Å²) in [5.74, 6) is 0.404. The highest BCUT2D eigenvalue weighted by molar-refractivity contribution is 5.78. The summed E-state index contributed by atoms with van der Waals surface area (Å²) in [6.07, 6.45) is 55.3. The maximum Gasteiger partial charge on any atom is 0.302 e. The Kier molecular flexibility index (Phi) is 42.3. The van der Waals surface area contributed by atoms with Crippen molar-refractivity contribution in [2.24, 2.45) is 0 Å². The lowest BCUT2D eigenvalue weighted by atomic mass is 10.0. The third-order valence-corrected chi connectivity index (χ3v) is 11.1. The molecule has 3 heteroatoms. The van der Waals surface area contributed by atoms with E-state index in [1.807, 2.05) is 6.08 Å². The van der Waals surface area contributed by atoms with Gasteiger partial charge in [0.05, 0.1) is 0 Å². The number of unbranched alkanes of at least 4 members (excludes halogenated alkanes) is 34. The van der Waals surface area contributed by atoms with Crippen LogP contribution in [0, 0.1) is 0 Å². The zero-order valence-electron chi connectivity index (χ0n) is 35.1. The predicted octanol–water partition coefficient (Wildman–Crippen LogP) is 16.7. The van der Waals surface area contributed by atoms with Crippen molar-refractivity contribution < 1.29 is 14.3 Å². The molecule has 0 amide bonds. The Bertz CT molecular complexity index is 715. The molecule has 0 aliphatic carbocycles. The lowest BCUT2D eigenvalue weighted by molar-refractivity contribution is -0.147. The Balaban J connectivity index is 3.33. The first kappa shape index (κ1) is 49.9. The van der Waals surface area contributed by atoms with Gasteiger partial charge in [0.15, 0.2) is 0 Å². The van der Waals surface area contributed by atoms with E-state index in [0.717, 1.165) is 38.5 Å². The van der Waals surface area contributed by atoms with Crippen molar-refractivity contribution in [3.63, 3.8) is 0 Å². The molecule has 0 aliphatic heterocycles. The molecule has 0 aromatic rings. The van der Waals surface area contributed by atoms with E-state index < -0.39 is 0 Å². The van der Waals surface area contributed by atoms with Crippen molar-refractivity contribution >= 4 is 11.8 Å². The largest absolute Gasteiger partial charge is 0.463 e. The van der Waals surface area contributed by atoms with Crippen LogP contribution < -0.4 is 0 Å². The molecule has 0 aromatic carbocycles. The van der Waals surface area contributed by atoms with Gasteiger partial charge < -0.3 is 4.74 Å². The van der Waals surface area contributed by atoms with E-state index in [9.17, 15) is 9.59 Å². The van der Waals surface area contributed by atoms with E-state index in [2.05, 4.69) is 13.5 Å². The van der Waals surface area contributed by atoms with E-state index >= 15 is 0 Å². The molecule has 51 heavy (non-hydrogen) atoms. The second-order valence-corrected chi connectivity index (χ2v) is 16.3. The van der Waals surface area contributed by atoms with Crippen LogP contribution in [0.2, 0.25) is 0 Å². The van der Waals surface area contributed by atoms with Crippen LogP contribution in [-0.2, 0) is 14.3 Å². The quantitative estimate of drug-likeness (QED) is 0.0358. The third kappa shape index (κ3) is 43.2. The molecule has 0 saturated carbocycles. The molecule has 0 heterocycles. The van der Waals surface area contributed by atoms with Crippen molar-refractivity contribution in [2.45, 2.75) is 283 Å².